The Kier molecular flexibility index (Phi) is 6.05. The van der Waals surface area contributed by atoms with Gasteiger partial charge in [0, 0.05) is 36.0 Å². The van der Waals surface area contributed by atoms with Crippen LogP contribution in [0.1, 0.15) is 22.9 Å². The van der Waals surface area contributed by atoms with Gasteiger partial charge in [0.1, 0.15) is 0 Å². The molecule has 168 valence electrons. The van der Waals surface area contributed by atoms with Crippen LogP contribution in [0.3, 0.4) is 0 Å². The summed E-state index contributed by atoms with van der Waals surface area (Å²) in [5.41, 5.74) is 5.03. The molecule has 1 aromatic carbocycles. The number of morpholine rings is 1. The second kappa shape index (κ2) is 9.27. The molecule has 4 heterocycles. The van der Waals surface area contributed by atoms with Gasteiger partial charge in [0.05, 0.1) is 48.6 Å². The summed E-state index contributed by atoms with van der Waals surface area (Å²) in [6, 6.07) is 13.5. The standard InChI is InChI=1S/C24H23N5O3S/c1-15-9-18(11-20(26-15)19-13-32-14-19)22-21(17-4-2-3-16(10-17)12-25)27-23(33-22)28-24(30)29-5-7-31-8-6-29/h2-4,9-11,19H,5-8,13-14H2,1H3,(H,27,28,30). The lowest BCUT2D eigenvalue weighted by Gasteiger charge is -2.26. The fourth-order valence-corrected chi connectivity index (χ4v) is 4.84. The van der Waals surface area contributed by atoms with Crippen LogP contribution in [0.25, 0.3) is 21.7 Å². The van der Waals surface area contributed by atoms with Crippen molar-refractivity contribution >= 4 is 22.5 Å². The Hall–Kier alpha value is -3.32. The van der Waals surface area contributed by atoms with E-state index in [-0.39, 0.29) is 6.03 Å². The number of hydrogen-bond acceptors (Lipinski definition) is 7. The molecule has 0 aliphatic carbocycles. The Morgan fingerprint density at radius 3 is 2.70 bits per heavy atom. The molecule has 3 aromatic rings. The first-order valence-corrected chi connectivity index (χ1v) is 11.6. The van der Waals surface area contributed by atoms with Gasteiger partial charge >= 0.3 is 6.03 Å². The lowest BCUT2D eigenvalue weighted by atomic mass is 9.99. The summed E-state index contributed by atoms with van der Waals surface area (Å²) < 4.78 is 10.7. The Morgan fingerprint density at radius 1 is 1.15 bits per heavy atom. The molecule has 8 nitrogen and oxygen atoms in total. The van der Waals surface area contributed by atoms with E-state index in [2.05, 4.69) is 17.5 Å². The number of urea groups is 1. The third-order valence-corrected chi connectivity index (χ3v) is 6.72. The Bertz CT molecular complexity index is 1230. The molecule has 0 radical (unpaired) electrons. The highest BCUT2D eigenvalue weighted by atomic mass is 32.1. The zero-order valence-corrected chi connectivity index (χ0v) is 19.0. The largest absolute Gasteiger partial charge is 0.380 e. The number of nitriles is 1. The number of aromatic nitrogens is 2. The Morgan fingerprint density at radius 2 is 1.97 bits per heavy atom. The van der Waals surface area contributed by atoms with Gasteiger partial charge in [-0.1, -0.05) is 23.5 Å². The van der Waals surface area contributed by atoms with E-state index in [1.807, 2.05) is 31.2 Å². The van der Waals surface area contributed by atoms with Crippen molar-refractivity contribution in [3.05, 3.63) is 53.3 Å². The van der Waals surface area contributed by atoms with Gasteiger partial charge in [-0.3, -0.25) is 10.3 Å². The molecule has 2 aliphatic heterocycles. The highest BCUT2D eigenvalue weighted by molar-refractivity contribution is 7.19. The number of carbonyl (C=O) groups excluding carboxylic acids is 1. The van der Waals surface area contributed by atoms with Gasteiger partial charge in [0.15, 0.2) is 5.13 Å². The van der Waals surface area contributed by atoms with Gasteiger partial charge in [0.2, 0.25) is 0 Å². The lowest BCUT2D eigenvalue weighted by Crippen LogP contribution is -2.43. The van der Waals surface area contributed by atoms with Crippen LogP contribution in [0.5, 0.6) is 0 Å². The first kappa shape index (κ1) is 21.5. The second-order valence-corrected chi connectivity index (χ2v) is 9.07. The maximum atomic E-state index is 12.8. The number of aryl methyl sites for hydroxylation is 1. The van der Waals surface area contributed by atoms with E-state index in [1.165, 1.54) is 11.3 Å². The van der Waals surface area contributed by atoms with Crippen molar-refractivity contribution in [3.63, 3.8) is 0 Å². The van der Waals surface area contributed by atoms with E-state index in [9.17, 15) is 10.1 Å². The average molecular weight is 462 g/mol. The molecule has 0 bridgehead atoms. The number of anilines is 1. The molecule has 2 aromatic heterocycles. The number of pyridine rings is 1. The molecule has 2 fully saturated rings. The van der Waals surface area contributed by atoms with Gasteiger partial charge < -0.3 is 14.4 Å². The van der Waals surface area contributed by atoms with Gasteiger partial charge in [0.25, 0.3) is 0 Å². The van der Waals surface area contributed by atoms with Crippen molar-refractivity contribution in [3.8, 4) is 27.8 Å². The van der Waals surface area contributed by atoms with Crippen molar-refractivity contribution in [1.82, 2.24) is 14.9 Å². The molecule has 0 spiro atoms. The Balaban J connectivity index is 1.54. The molecule has 9 heteroatoms. The fourth-order valence-electron chi connectivity index (χ4n) is 3.88. The van der Waals surface area contributed by atoms with Crippen molar-refractivity contribution in [2.75, 3.05) is 44.8 Å². The maximum Gasteiger partial charge on any atom is 0.323 e. The number of thiazole rings is 1. The summed E-state index contributed by atoms with van der Waals surface area (Å²) in [5.74, 6) is 0.294. The van der Waals surface area contributed by atoms with E-state index >= 15 is 0 Å². The van der Waals surface area contributed by atoms with Crippen LogP contribution >= 0.6 is 11.3 Å². The van der Waals surface area contributed by atoms with Crippen LogP contribution in [0, 0.1) is 18.3 Å². The predicted molar refractivity (Wildman–Crippen MR) is 125 cm³/mol. The number of rotatable bonds is 4. The van der Waals surface area contributed by atoms with Crippen molar-refractivity contribution in [1.29, 1.82) is 5.26 Å². The topological polar surface area (TPSA) is 100 Å². The number of benzene rings is 1. The number of carbonyl (C=O) groups is 1. The van der Waals surface area contributed by atoms with E-state index in [4.69, 9.17) is 19.4 Å². The third-order valence-electron chi connectivity index (χ3n) is 5.70. The molecule has 0 saturated carbocycles. The quantitative estimate of drug-likeness (QED) is 0.630. The molecule has 5 rings (SSSR count). The predicted octanol–water partition coefficient (Wildman–Crippen LogP) is 4.03. The van der Waals surface area contributed by atoms with E-state index in [1.54, 1.807) is 11.0 Å². The molecular weight excluding hydrogens is 438 g/mol. The van der Waals surface area contributed by atoms with Crippen LogP contribution in [0.4, 0.5) is 9.93 Å². The van der Waals surface area contributed by atoms with Crippen LogP contribution in [0.15, 0.2) is 36.4 Å². The van der Waals surface area contributed by atoms with Crippen molar-refractivity contribution < 1.29 is 14.3 Å². The van der Waals surface area contributed by atoms with E-state index in [0.29, 0.717) is 56.1 Å². The highest BCUT2D eigenvalue weighted by Crippen LogP contribution is 2.40. The van der Waals surface area contributed by atoms with Crippen LogP contribution < -0.4 is 5.32 Å². The first-order valence-electron chi connectivity index (χ1n) is 10.8. The molecule has 2 amide bonds. The fraction of sp³-hybridized carbons (Fsp3) is 0.333. The van der Waals surface area contributed by atoms with Gasteiger partial charge in [-0.15, -0.1) is 0 Å². The van der Waals surface area contributed by atoms with Crippen LogP contribution in [-0.4, -0.2) is 60.4 Å². The molecular formula is C24H23N5O3S. The molecule has 33 heavy (non-hydrogen) atoms. The minimum atomic E-state index is -0.186. The molecule has 0 unspecified atom stereocenters. The number of amides is 2. The van der Waals surface area contributed by atoms with Crippen LogP contribution in [0.2, 0.25) is 0 Å². The number of hydrogen-bond donors (Lipinski definition) is 1. The average Bonchev–Trinajstić information content (AvgIpc) is 3.22. The lowest BCUT2D eigenvalue weighted by molar-refractivity contribution is 0.00669. The SMILES string of the molecule is Cc1cc(-c2sc(NC(=O)N3CCOCC3)nc2-c2cccc(C#N)c2)cc(C2COC2)n1. The smallest absolute Gasteiger partial charge is 0.323 e. The maximum absolute atomic E-state index is 12.8. The number of nitrogens with zero attached hydrogens (tertiary/aromatic N) is 4. The minimum Gasteiger partial charge on any atom is -0.380 e. The summed E-state index contributed by atoms with van der Waals surface area (Å²) in [6.07, 6.45) is 0. The molecule has 1 N–H and O–H groups in total. The zero-order valence-electron chi connectivity index (χ0n) is 18.2. The van der Waals surface area contributed by atoms with Crippen LogP contribution in [-0.2, 0) is 9.47 Å². The summed E-state index contributed by atoms with van der Waals surface area (Å²) >= 11 is 1.43. The number of nitrogens with one attached hydrogen (secondary N) is 1. The van der Waals surface area contributed by atoms with Gasteiger partial charge in [-0.05, 0) is 36.8 Å². The van der Waals surface area contributed by atoms with Gasteiger partial charge in [-0.25, -0.2) is 9.78 Å². The zero-order chi connectivity index (χ0) is 22.8. The summed E-state index contributed by atoms with van der Waals surface area (Å²) in [5, 5.41) is 12.8. The van der Waals surface area contributed by atoms with E-state index < -0.39 is 0 Å². The summed E-state index contributed by atoms with van der Waals surface area (Å²) in [4.78, 5) is 24.9. The minimum absolute atomic E-state index is 0.186. The first-order chi connectivity index (χ1) is 16.1. The molecule has 2 aliphatic rings. The Labute approximate surface area is 195 Å². The second-order valence-electron chi connectivity index (χ2n) is 8.08. The van der Waals surface area contributed by atoms with Gasteiger partial charge in [-0.2, -0.15) is 5.26 Å². The monoisotopic (exact) mass is 461 g/mol. The third kappa shape index (κ3) is 4.59. The molecule has 2 saturated heterocycles. The highest BCUT2D eigenvalue weighted by Gasteiger charge is 2.25. The van der Waals surface area contributed by atoms with Crippen molar-refractivity contribution in [2.45, 2.75) is 12.8 Å². The van der Waals surface area contributed by atoms with Crippen molar-refractivity contribution in [2.24, 2.45) is 0 Å². The number of ether oxygens (including phenoxy) is 2. The summed E-state index contributed by atoms with van der Waals surface area (Å²) in [6.45, 7) is 5.51. The summed E-state index contributed by atoms with van der Waals surface area (Å²) in [7, 11) is 0. The van der Waals surface area contributed by atoms with E-state index in [0.717, 1.165) is 33.1 Å². The normalized spacial score (nSPS) is 16.2. The molecule has 0 atom stereocenters.